The van der Waals surface area contributed by atoms with Crippen LogP contribution in [0.15, 0.2) is 51.8 Å². The van der Waals surface area contributed by atoms with Gasteiger partial charge >= 0.3 is 6.01 Å². The van der Waals surface area contributed by atoms with Crippen LogP contribution in [-0.2, 0) is 10.0 Å². The van der Waals surface area contributed by atoms with E-state index in [4.69, 9.17) is 13.9 Å². The third kappa shape index (κ3) is 5.54. The molecule has 0 unspecified atom stereocenters. The molecule has 0 aliphatic carbocycles. The Balaban J connectivity index is 1.73. The zero-order valence-electron chi connectivity index (χ0n) is 19.6. The number of nitrogens with one attached hydrogen (secondary N) is 1. The highest BCUT2D eigenvalue weighted by molar-refractivity contribution is 7.89. The highest BCUT2D eigenvalue weighted by Crippen LogP contribution is 2.32. The lowest BCUT2D eigenvalue weighted by molar-refractivity contribution is 0.102. The Morgan fingerprint density at radius 1 is 0.971 bits per heavy atom. The van der Waals surface area contributed by atoms with Gasteiger partial charge in [0.05, 0.1) is 19.1 Å². The van der Waals surface area contributed by atoms with E-state index in [9.17, 15) is 13.2 Å². The fourth-order valence-corrected chi connectivity index (χ4v) is 4.93. The van der Waals surface area contributed by atoms with Gasteiger partial charge in [-0.3, -0.25) is 10.1 Å². The molecule has 0 bridgehead atoms. The number of amides is 1. The molecule has 0 spiro atoms. The van der Waals surface area contributed by atoms with Crippen molar-refractivity contribution in [3.05, 3.63) is 48.0 Å². The Bertz CT molecular complexity index is 1220. The molecule has 1 heterocycles. The van der Waals surface area contributed by atoms with Crippen molar-refractivity contribution >= 4 is 21.9 Å². The van der Waals surface area contributed by atoms with E-state index in [0.29, 0.717) is 30.2 Å². The van der Waals surface area contributed by atoms with Gasteiger partial charge in [-0.15, -0.1) is 5.10 Å². The maximum Gasteiger partial charge on any atom is 0.322 e. The second-order valence-electron chi connectivity index (χ2n) is 7.36. The third-order valence-corrected chi connectivity index (χ3v) is 6.89. The summed E-state index contributed by atoms with van der Waals surface area (Å²) < 4.78 is 43.2. The lowest BCUT2D eigenvalue weighted by Crippen LogP contribution is -2.32. The quantitative estimate of drug-likeness (QED) is 0.432. The number of anilines is 1. The van der Waals surface area contributed by atoms with Crippen LogP contribution in [0.2, 0.25) is 0 Å². The van der Waals surface area contributed by atoms with Crippen molar-refractivity contribution in [1.82, 2.24) is 14.5 Å². The van der Waals surface area contributed by atoms with Crippen molar-refractivity contribution in [2.45, 2.75) is 31.6 Å². The largest absolute Gasteiger partial charge is 0.493 e. The Kier molecular flexibility index (Phi) is 8.24. The first-order valence-electron chi connectivity index (χ1n) is 10.8. The molecule has 0 aliphatic heterocycles. The Hall–Kier alpha value is -3.44. The molecule has 0 fully saturated rings. The molecule has 1 N–H and O–H groups in total. The van der Waals surface area contributed by atoms with Gasteiger partial charge in [0.15, 0.2) is 11.5 Å². The first-order chi connectivity index (χ1) is 16.3. The number of carbonyl (C=O) groups excluding carboxylic acids is 1. The zero-order chi connectivity index (χ0) is 24.7. The minimum atomic E-state index is -3.62. The summed E-state index contributed by atoms with van der Waals surface area (Å²) >= 11 is 0. The van der Waals surface area contributed by atoms with Gasteiger partial charge in [-0.2, -0.15) is 4.31 Å². The average molecular weight is 489 g/mol. The number of aromatic nitrogens is 2. The topological polar surface area (TPSA) is 124 Å². The summed E-state index contributed by atoms with van der Waals surface area (Å²) in [7, 11) is -0.573. The Morgan fingerprint density at radius 3 is 2.21 bits per heavy atom. The molecule has 0 radical (unpaired) electrons. The summed E-state index contributed by atoms with van der Waals surface area (Å²) in [5, 5.41) is 10.3. The van der Waals surface area contributed by atoms with Gasteiger partial charge in [-0.05, 0) is 55.3 Å². The molecule has 0 saturated heterocycles. The minimum absolute atomic E-state index is 0.0939. The van der Waals surface area contributed by atoms with Crippen molar-refractivity contribution < 1.29 is 27.1 Å². The summed E-state index contributed by atoms with van der Waals surface area (Å²) in [4.78, 5) is 12.7. The van der Waals surface area contributed by atoms with E-state index in [1.54, 1.807) is 18.2 Å². The molecule has 10 nitrogen and oxygen atoms in total. The molecule has 1 amide bonds. The number of sulfonamides is 1. The number of ether oxygens (including phenoxy) is 2. The Labute approximate surface area is 198 Å². The van der Waals surface area contributed by atoms with Crippen LogP contribution in [0.4, 0.5) is 6.01 Å². The molecule has 0 aliphatic rings. The van der Waals surface area contributed by atoms with E-state index < -0.39 is 15.9 Å². The van der Waals surface area contributed by atoms with Crippen LogP contribution in [0.25, 0.3) is 11.5 Å². The number of rotatable bonds is 11. The van der Waals surface area contributed by atoms with Gasteiger partial charge in [0.25, 0.3) is 5.91 Å². The number of methoxy groups -OCH3 is 2. The van der Waals surface area contributed by atoms with Crippen molar-refractivity contribution in [3.8, 4) is 23.0 Å². The van der Waals surface area contributed by atoms with E-state index in [1.165, 1.54) is 42.8 Å². The third-order valence-electron chi connectivity index (χ3n) is 4.98. The van der Waals surface area contributed by atoms with E-state index >= 15 is 0 Å². The fraction of sp³-hybridized carbons (Fsp3) is 0.348. The van der Waals surface area contributed by atoms with Gasteiger partial charge in [0.2, 0.25) is 15.9 Å². The molecule has 11 heteroatoms. The summed E-state index contributed by atoms with van der Waals surface area (Å²) in [5.41, 5.74) is 0.839. The van der Waals surface area contributed by atoms with E-state index in [0.717, 1.165) is 12.8 Å². The summed E-state index contributed by atoms with van der Waals surface area (Å²) in [6.45, 7) is 4.75. The smallest absolute Gasteiger partial charge is 0.322 e. The van der Waals surface area contributed by atoms with Crippen LogP contribution in [-0.4, -0.2) is 56.1 Å². The minimum Gasteiger partial charge on any atom is -0.493 e. The highest BCUT2D eigenvalue weighted by Gasteiger charge is 2.23. The highest BCUT2D eigenvalue weighted by atomic mass is 32.2. The van der Waals surface area contributed by atoms with Crippen LogP contribution in [0.5, 0.6) is 11.5 Å². The van der Waals surface area contributed by atoms with Crippen LogP contribution in [0.3, 0.4) is 0 Å². The number of nitrogens with zero attached hydrogens (tertiary/aromatic N) is 3. The summed E-state index contributed by atoms with van der Waals surface area (Å²) in [6, 6.07) is 10.7. The number of hydrogen-bond acceptors (Lipinski definition) is 8. The monoisotopic (exact) mass is 488 g/mol. The first-order valence-corrected chi connectivity index (χ1v) is 12.3. The lowest BCUT2D eigenvalue weighted by atomic mass is 10.2. The molecule has 0 saturated carbocycles. The molecule has 182 valence electrons. The van der Waals surface area contributed by atoms with Crippen molar-refractivity contribution in [2.75, 3.05) is 32.6 Å². The van der Waals surface area contributed by atoms with Crippen LogP contribution < -0.4 is 14.8 Å². The first kappa shape index (κ1) is 25.2. The SMILES string of the molecule is CCCN(CCC)S(=O)(=O)c1ccc(C(=O)Nc2nnc(-c3ccc(OC)c(OC)c3)o2)cc1. The van der Waals surface area contributed by atoms with E-state index in [-0.39, 0.29) is 22.4 Å². The predicted octanol–water partition coefficient (Wildman–Crippen LogP) is 3.82. The molecule has 1 aromatic heterocycles. The molecule has 3 aromatic rings. The van der Waals surface area contributed by atoms with Gasteiger partial charge in [0.1, 0.15) is 0 Å². The van der Waals surface area contributed by atoms with Gasteiger partial charge in [-0.25, -0.2) is 8.42 Å². The molecular formula is C23H28N4O6S. The zero-order valence-corrected chi connectivity index (χ0v) is 20.4. The second kappa shape index (κ2) is 11.1. The fourth-order valence-electron chi connectivity index (χ4n) is 3.31. The number of benzene rings is 2. The average Bonchev–Trinajstić information content (AvgIpc) is 3.31. The van der Waals surface area contributed by atoms with Gasteiger partial charge in [-0.1, -0.05) is 18.9 Å². The van der Waals surface area contributed by atoms with Crippen molar-refractivity contribution in [2.24, 2.45) is 0 Å². The second-order valence-corrected chi connectivity index (χ2v) is 9.30. The van der Waals surface area contributed by atoms with E-state index in [2.05, 4.69) is 15.5 Å². The molecule has 0 atom stereocenters. The molecule has 34 heavy (non-hydrogen) atoms. The molecular weight excluding hydrogens is 460 g/mol. The van der Waals surface area contributed by atoms with Crippen LogP contribution in [0.1, 0.15) is 37.0 Å². The Morgan fingerprint density at radius 2 is 1.62 bits per heavy atom. The lowest BCUT2D eigenvalue weighted by Gasteiger charge is -2.21. The van der Waals surface area contributed by atoms with Crippen molar-refractivity contribution in [3.63, 3.8) is 0 Å². The predicted molar refractivity (Wildman–Crippen MR) is 127 cm³/mol. The van der Waals surface area contributed by atoms with Crippen LogP contribution in [0, 0.1) is 0 Å². The van der Waals surface area contributed by atoms with Gasteiger partial charge in [0, 0.05) is 24.2 Å². The van der Waals surface area contributed by atoms with E-state index in [1.807, 2.05) is 13.8 Å². The standard InChI is InChI=1S/C23H28N4O6S/c1-5-13-27(14-6-2)34(29,30)18-10-7-16(8-11-18)21(28)24-23-26-25-22(33-23)17-9-12-19(31-3)20(15-17)32-4/h7-12,15H,5-6,13-14H2,1-4H3,(H,24,26,28). The maximum absolute atomic E-state index is 12.9. The van der Waals surface area contributed by atoms with Crippen LogP contribution >= 0.6 is 0 Å². The maximum atomic E-state index is 12.9. The normalized spacial score (nSPS) is 11.4. The number of hydrogen-bond donors (Lipinski definition) is 1. The molecule has 2 aromatic carbocycles. The number of carbonyl (C=O) groups is 1. The summed E-state index contributed by atoms with van der Waals surface area (Å²) in [5.74, 6) is 0.725. The van der Waals surface area contributed by atoms with Gasteiger partial charge < -0.3 is 13.9 Å². The molecule has 3 rings (SSSR count). The summed E-state index contributed by atoms with van der Waals surface area (Å²) in [6.07, 6.45) is 1.43. The van der Waals surface area contributed by atoms with Crippen molar-refractivity contribution in [1.29, 1.82) is 0 Å².